The molecule has 0 atom stereocenters. The topological polar surface area (TPSA) is 170 Å². The van der Waals surface area contributed by atoms with Crippen molar-refractivity contribution in [3.8, 4) is 17.3 Å². The number of likely N-dealkylation sites (tertiary alicyclic amines) is 1. The highest BCUT2D eigenvalue weighted by atomic mass is 79.9. The fourth-order valence-electron chi connectivity index (χ4n) is 3.68. The zero-order valence-corrected chi connectivity index (χ0v) is 20.0. The van der Waals surface area contributed by atoms with Gasteiger partial charge < -0.3 is 15.6 Å². The number of nitrogens with zero attached hydrogens (tertiary/aromatic N) is 7. The van der Waals surface area contributed by atoms with Gasteiger partial charge in [0.05, 0.1) is 23.5 Å². The Kier molecular flexibility index (Phi) is 7.37. The van der Waals surface area contributed by atoms with Crippen molar-refractivity contribution in [2.24, 2.45) is 5.10 Å². The van der Waals surface area contributed by atoms with Crippen LogP contribution in [-0.4, -0.2) is 67.6 Å². The summed E-state index contributed by atoms with van der Waals surface area (Å²) in [5, 5.41) is 29.5. The summed E-state index contributed by atoms with van der Waals surface area (Å²) >= 11 is 3.25. The molecule has 0 aliphatic carbocycles. The zero-order valence-electron chi connectivity index (χ0n) is 18.4. The molecule has 0 bridgehead atoms. The maximum Gasteiger partial charge on any atom is 0.293 e. The lowest BCUT2D eigenvalue weighted by atomic mass is 10.2. The van der Waals surface area contributed by atoms with Crippen LogP contribution in [0.1, 0.15) is 47.4 Å². The largest absolute Gasteiger partial charge is 0.503 e. The van der Waals surface area contributed by atoms with Crippen LogP contribution >= 0.6 is 15.9 Å². The molecule has 0 radical (unpaired) electrons. The summed E-state index contributed by atoms with van der Waals surface area (Å²) in [6.45, 7) is 2.22. The molecule has 1 aliphatic heterocycles. The van der Waals surface area contributed by atoms with Gasteiger partial charge in [0.15, 0.2) is 17.2 Å². The van der Waals surface area contributed by atoms with Crippen molar-refractivity contribution in [1.29, 1.82) is 0 Å². The number of aromatic hydroxyl groups is 1. The lowest BCUT2D eigenvalue weighted by Crippen LogP contribution is -2.28. The van der Waals surface area contributed by atoms with Crippen molar-refractivity contribution >= 4 is 33.9 Å². The van der Waals surface area contributed by atoms with E-state index >= 15 is 0 Å². The number of phenols is 1. The van der Waals surface area contributed by atoms with Crippen LogP contribution in [0.15, 0.2) is 26.3 Å². The van der Waals surface area contributed by atoms with Gasteiger partial charge in [-0.05, 0) is 69.9 Å². The van der Waals surface area contributed by atoms with Crippen LogP contribution in [0, 0.1) is 0 Å². The van der Waals surface area contributed by atoms with E-state index in [1.165, 1.54) is 30.8 Å². The highest BCUT2D eigenvalue weighted by Crippen LogP contribution is 2.34. The SMILES string of the molecule is COc1cc(/C=N\NC(=O)c2nnn(-c3nonc3N)c2CN2CCCCCC2)cc(Br)c1O. The molecule has 1 aliphatic rings. The number of nitrogen functional groups attached to an aromatic ring is 1. The number of hydrogen-bond acceptors (Lipinski definition) is 11. The number of ether oxygens (including phenoxy) is 1. The van der Waals surface area contributed by atoms with Gasteiger partial charge in [-0.25, -0.2) is 10.1 Å². The lowest BCUT2D eigenvalue weighted by molar-refractivity contribution is 0.0947. The number of phenolic OH excluding ortho intramolecular Hbond substituents is 1. The Morgan fingerprint density at radius 1 is 1.32 bits per heavy atom. The Morgan fingerprint density at radius 2 is 2.09 bits per heavy atom. The summed E-state index contributed by atoms with van der Waals surface area (Å²) in [5.41, 5.74) is 9.51. The number of aromatic nitrogens is 5. The maximum absolute atomic E-state index is 13.0. The van der Waals surface area contributed by atoms with Crippen LogP contribution in [-0.2, 0) is 6.54 Å². The average molecular weight is 534 g/mol. The highest BCUT2D eigenvalue weighted by molar-refractivity contribution is 9.10. The second kappa shape index (κ2) is 10.6. The van der Waals surface area contributed by atoms with Crippen LogP contribution < -0.4 is 15.9 Å². The molecular weight excluding hydrogens is 510 g/mol. The second-order valence-electron chi connectivity index (χ2n) is 7.71. The van der Waals surface area contributed by atoms with Gasteiger partial charge in [-0.15, -0.1) is 5.10 Å². The summed E-state index contributed by atoms with van der Waals surface area (Å²) in [7, 11) is 1.44. The third kappa shape index (κ3) is 5.17. The van der Waals surface area contributed by atoms with Crippen LogP contribution in [0.5, 0.6) is 11.5 Å². The average Bonchev–Trinajstić information content (AvgIpc) is 3.33. The number of carbonyl (C=O) groups excluding carboxylic acids is 1. The first-order valence-electron chi connectivity index (χ1n) is 10.6. The Hall–Kier alpha value is -3.52. The molecule has 0 unspecified atom stereocenters. The molecule has 13 nitrogen and oxygen atoms in total. The standard InChI is InChI=1S/C20H24BrN9O4/c1-33-15-9-12(8-13(21)17(15)31)10-23-25-20(32)16-14(11-29-6-4-2-3-5-7-29)30(28-24-16)19-18(22)26-34-27-19/h8-10,31H,2-7,11H2,1H3,(H2,22,26)(H,25,32)/b23-10-. The number of hydrazone groups is 1. The first-order valence-corrected chi connectivity index (χ1v) is 11.4. The molecule has 34 heavy (non-hydrogen) atoms. The van der Waals surface area contributed by atoms with E-state index in [-0.39, 0.29) is 28.8 Å². The van der Waals surface area contributed by atoms with Gasteiger partial charge in [0, 0.05) is 6.54 Å². The summed E-state index contributed by atoms with van der Waals surface area (Å²) < 4.78 is 11.6. The van der Waals surface area contributed by atoms with Crippen molar-refractivity contribution in [1.82, 2.24) is 35.6 Å². The molecule has 3 heterocycles. The van der Waals surface area contributed by atoms with Crippen molar-refractivity contribution in [2.75, 3.05) is 25.9 Å². The molecule has 3 aromatic rings. The highest BCUT2D eigenvalue weighted by Gasteiger charge is 2.25. The quantitative estimate of drug-likeness (QED) is 0.300. The summed E-state index contributed by atoms with van der Waals surface area (Å²) in [4.78, 5) is 15.2. The molecule has 0 spiro atoms. The number of halogens is 1. The molecule has 1 amide bonds. The van der Waals surface area contributed by atoms with Crippen LogP contribution in [0.25, 0.3) is 5.82 Å². The minimum atomic E-state index is -0.549. The first-order chi connectivity index (χ1) is 16.5. The van der Waals surface area contributed by atoms with Crippen molar-refractivity contribution in [3.05, 3.63) is 33.6 Å². The fraction of sp³-hybridized carbons (Fsp3) is 0.400. The Bertz CT molecular complexity index is 1180. The van der Waals surface area contributed by atoms with Crippen molar-refractivity contribution < 1.29 is 19.3 Å². The number of methoxy groups -OCH3 is 1. The number of amides is 1. The van der Waals surface area contributed by atoms with Crippen molar-refractivity contribution in [3.63, 3.8) is 0 Å². The zero-order chi connectivity index (χ0) is 24.1. The van der Waals surface area contributed by atoms with Crippen LogP contribution in [0.3, 0.4) is 0 Å². The van der Waals surface area contributed by atoms with E-state index in [0.717, 1.165) is 25.9 Å². The molecular formula is C20H24BrN9O4. The van der Waals surface area contributed by atoms with Crippen LogP contribution in [0.4, 0.5) is 5.82 Å². The van der Waals surface area contributed by atoms with Gasteiger partial charge in [0.2, 0.25) is 11.6 Å². The first kappa shape index (κ1) is 23.6. The molecule has 1 aromatic carbocycles. The molecule has 0 saturated carbocycles. The number of benzene rings is 1. The fourth-order valence-corrected chi connectivity index (χ4v) is 4.14. The number of anilines is 1. The normalized spacial score (nSPS) is 14.9. The summed E-state index contributed by atoms with van der Waals surface area (Å²) in [5.74, 6) is -0.101. The van der Waals surface area contributed by atoms with Gasteiger partial charge in [-0.2, -0.15) is 9.78 Å². The predicted molar refractivity (Wildman–Crippen MR) is 125 cm³/mol. The van der Waals surface area contributed by atoms with E-state index in [1.54, 1.807) is 12.1 Å². The van der Waals surface area contributed by atoms with E-state index in [0.29, 0.717) is 22.3 Å². The van der Waals surface area contributed by atoms with E-state index < -0.39 is 5.91 Å². The minimum Gasteiger partial charge on any atom is -0.503 e. The second-order valence-corrected chi connectivity index (χ2v) is 8.57. The number of hydrogen-bond donors (Lipinski definition) is 3. The Balaban J connectivity index is 1.57. The third-order valence-electron chi connectivity index (χ3n) is 5.40. The molecule has 1 saturated heterocycles. The van der Waals surface area contributed by atoms with Gasteiger partial charge >= 0.3 is 0 Å². The smallest absolute Gasteiger partial charge is 0.293 e. The van der Waals surface area contributed by atoms with Gasteiger partial charge in [0.1, 0.15) is 0 Å². The number of rotatable bonds is 7. The summed E-state index contributed by atoms with van der Waals surface area (Å²) in [6.07, 6.45) is 5.92. The molecule has 2 aromatic heterocycles. The van der Waals surface area contributed by atoms with E-state index in [4.69, 9.17) is 15.1 Å². The third-order valence-corrected chi connectivity index (χ3v) is 6.00. The Morgan fingerprint density at radius 3 is 2.76 bits per heavy atom. The number of nitrogens with two attached hydrogens (primary N) is 1. The Labute approximate surface area is 203 Å². The minimum absolute atomic E-state index is 0.0277. The van der Waals surface area contributed by atoms with E-state index in [1.807, 2.05) is 0 Å². The molecule has 180 valence electrons. The van der Waals surface area contributed by atoms with Gasteiger partial charge in [-0.1, -0.05) is 18.1 Å². The molecule has 1 fully saturated rings. The molecule has 14 heteroatoms. The monoisotopic (exact) mass is 533 g/mol. The number of carbonyl (C=O) groups is 1. The predicted octanol–water partition coefficient (Wildman–Crippen LogP) is 1.85. The van der Waals surface area contributed by atoms with Gasteiger partial charge in [-0.3, -0.25) is 9.69 Å². The van der Waals surface area contributed by atoms with E-state index in [9.17, 15) is 9.90 Å². The van der Waals surface area contributed by atoms with E-state index in [2.05, 4.69) is 52.0 Å². The molecule has 4 N–H and O–H groups in total. The van der Waals surface area contributed by atoms with Crippen LogP contribution in [0.2, 0.25) is 0 Å². The lowest BCUT2D eigenvalue weighted by Gasteiger charge is -2.20. The van der Waals surface area contributed by atoms with Gasteiger partial charge in [0.25, 0.3) is 5.91 Å². The number of nitrogens with one attached hydrogen (secondary N) is 1. The molecule has 4 rings (SSSR count). The summed E-state index contributed by atoms with van der Waals surface area (Å²) in [6, 6.07) is 3.21. The van der Waals surface area contributed by atoms with Crippen molar-refractivity contribution in [2.45, 2.75) is 32.2 Å². The maximum atomic E-state index is 13.0.